The summed E-state index contributed by atoms with van der Waals surface area (Å²) in [7, 11) is 1.42. The molecule has 2 aromatic rings. The van der Waals surface area contributed by atoms with Gasteiger partial charge >= 0.3 is 5.97 Å². The average Bonchev–Trinajstić information content (AvgIpc) is 2.76. The fourth-order valence-corrected chi connectivity index (χ4v) is 2.80. The van der Waals surface area contributed by atoms with E-state index in [4.69, 9.17) is 14.2 Å². The quantitative estimate of drug-likeness (QED) is 0.189. The van der Waals surface area contributed by atoms with Crippen LogP contribution in [0.25, 0.3) is 6.08 Å². The van der Waals surface area contributed by atoms with Crippen molar-refractivity contribution in [2.24, 2.45) is 0 Å². The van der Waals surface area contributed by atoms with Crippen LogP contribution in [-0.2, 0) is 9.59 Å². The first-order chi connectivity index (χ1) is 14.9. The fraction of sp³-hybridized carbons (Fsp3) is 0.174. The van der Waals surface area contributed by atoms with Gasteiger partial charge in [-0.1, -0.05) is 34.1 Å². The molecule has 1 atom stereocenters. The van der Waals surface area contributed by atoms with E-state index in [1.807, 2.05) is 12.1 Å². The molecule has 0 aliphatic heterocycles. The van der Waals surface area contributed by atoms with E-state index < -0.39 is 18.0 Å². The van der Waals surface area contributed by atoms with Gasteiger partial charge in [0.05, 0.1) is 7.11 Å². The van der Waals surface area contributed by atoms with Crippen LogP contribution in [0, 0.1) is 11.3 Å². The molecule has 0 bridgehead atoms. The number of carbonyl (C=O) groups is 2. The van der Waals surface area contributed by atoms with Gasteiger partial charge in [0.15, 0.2) is 17.6 Å². The molecule has 1 unspecified atom stereocenters. The number of nitrogens with one attached hydrogen (secondary N) is 1. The van der Waals surface area contributed by atoms with Crippen LogP contribution >= 0.6 is 15.9 Å². The maximum Gasteiger partial charge on any atom is 0.352 e. The zero-order chi connectivity index (χ0) is 22.8. The Hall–Kier alpha value is -3.57. The molecule has 160 valence electrons. The van der Waals surface area contributed by atoms with Gasteiger partial charge in [0.25, 0.3) is 5.91 Å². The highest BCUT2D eigenvalue weighted by molar-refractivity contribution is 9.10. The Kier molecular flexibility index (Phi) is 8.85. The number of hydrogen-bond donors (Lipinski definition) is 1. The van der Waals surface area contributed by atoms with Crippen LogP contribution in [0.3, 0.4) is 0 Å². The summed E-state index contributed by atoms with van der Waals surface area (Å²) in [5, 5.41) is 11.8. The van der Waals surface area contributed by atoms with Gasteiger partial charge in [-0.25, -0.2) is 4.79 Å². The lowest BCUT2D eigenvalue weighted by atomic mass is 10.1. The number of nitrogens with zero attached hydrogens (tertiary/aromatic N) is 1. The van der Waals surface area contributed by atoms with Gasteiger partial charge in [0, 0.05) is 11.0 Å². The zero-order valence-electron chi connectivity index (χ0n) is 17.1. The van der Waals surface area contributed by atoms with E-state index in [2.05, 4.69) is 27.8 Å². The number of carbonyl (C=O) groups excluding carboxylic acids is 2. The Balaban J connectivity index is 2.14. The van der Waals surface area contributed by atoms with E-state index in [-0.39, 0.29) is 23.6 Å². The number of nitriles is 1. The molecule has 0 spiro atoms. The number of halogens is 1. The van der Waals surface area contributed by atoms with Crippen LogP contribution in [0.1, 0.15) is 12.5 Å². The monoisotopic (exact) mass is 484 g/mol. The van der Waals surface area contributed by atoms with Crippen LogP contribution in [-0.4, -0.2) is 31.6 Å². The first kappa shape index (κ1) is 23.7. The van der Waals surface area contributed by atoms with E-state index in [1.165, 1.54) is 25.3 Å². The van der Waals surface area contributed by atoms with E-state index in [9.17, 15) is 14.9 Å². The summed E-state index contributed by atoms with van der Waals surface area (Å²) in [5.74, 6) is -0.159. The summed E-state index contributed by atoms with van der Waals surface area (Å²) in [4.78, 5) is 24.4. The molecule has 1 N–H and O–H groups in total. The third kappa shape index (κ3) is 7.01. The minimum absolute atomic E-state index is 0.0790. The normalized spacial score (nSPS) is 11.6. The number of hydrogen-bond acceptors (Lipinski definition) is 6. The van der Waals surface area contributed by atoms with Crippen molar-refractivity contribution in [1.29, 1.82) is 5.26 Å². The third-order valence-electron chi connectivity index (χ3n) is 3.92. The van der Waals surface area contributed by atoms with E-state index in [0.717, 1.165) is 4.47 Å². The molecule has 0 saturated heterocycles. The predicted molar refractivity (Wildman–Crippen MR) is 120 cm³/mol. The number of rotatable bonds is 9. The maximum atomic E-state index is 12.4. The van der Waals surface area contributed by atoms with Crippen LogP contribution in [0.15, 0.2) is 65.2 Å². The fourth-order valence-electron chi connectivity index (χ4n) is 2.42. The lowest BCUT2D eigenvalue weighted by Gasteiger charge is -2.15. The minimum atomic E-state index is -0.864. The van der Waals surface area contributed by atoms with Crippen molar-refractivity contribution < 1.29 is 23.8 Å². The number of ether oxygens (including phenoxy) is 3. The second-order valence-corrected chi connectivity index (χ2v) is 7.13. The summed E-state index contributed by atoms with van der Waals surface area (Å²) >= 11 is 3.34. The second-order valence-electron chi connectivity index (χ2n) is 6.22. The number of amides is 1. The number of methoxy groups -OCH3 is 1. The topological polar surface area (TPSA) is 97.7 Å². The van der Waals surface area contributed by atoms with Gasteiger partial charge in [-0.2, -0.15) is 5.26 Å². The van der Waals surface area contributed by atoms with Crippen molar-refractivity contribution in [3.63, 3.8) is 0 Å². The molecule has 0 saturated carbocycles. The first-order valence-corrected chi connectivity index (χ1v) is 10.00. The van der Waals surface area contributed by atoms with Crippen LogP contribution in [0.4, 0.5) is 0 Å². The van der Waals surface area contributed by atoms with Crippen molar-refractivity contribution in [2.45, 2.75) is 13.0 Å². The highest BCUT2D eigenvalue weighted by atomic mass is 79.9. The molecule has 0 fully saturated rings. The van der Waals surface area contributed by atoms with Gasteiger partial charge in [0.2, 0.25) is 0 Å². The van der Waals surface area contributed by atoms with Gasteiger partial charge < -0.3 is 19.5 Å². The molecule has 8 heteroatoms. The Labute approximate surface area is 189 Å². The smallest absolute Gasteiger partial charge is 0.352 e. The highest BCUT2D eigenvalue weighted by Gasteiger charge is 2.20. The maximum absolute atomic E-state index is 12.4. The molecule has 1 amide bonds. The molecule has 0 aromatic heterocycles. The highest BCUT2D eigenvalue weighted by Crippen LogP contribution is 2.29. The van der Waals surface area contributed by atoms with Gasteiger partial charge in [0.1, 0.15) is 17.4 Å². The first-order valence-electron chi connectivity index (χ1n) is 9.20. The SMILES string of the molecule is C=CCNC(=O)C(C#N)=Cc1ccc(OC(=O)C(C)Oc2cccc(Br)c2)c(OC)c1. The van der Waals surface area contributed by atoms with Gasteiger partial charge in [-0.3, -0.25) is 4.79 Å². The van der Waals surface area contributed by atoms with Crippen molar-refractivity contribution >= 4 is 33.9 Å². The molecular formula is C23H21BrN2O5. The van der Waals surface area contributed by atoms with Crippen molar-refractivity contribution in [1.82, 2.24) is 5.32 Å². The van der Waals surface area contributed by atoms with Crippen molar-refractivity contribution in [3.8, 4) is 23.3 Å². The molecule has 2 aromatic carbocycles. The van der Waals surface area contributed by atoms with Crippen LogP contribution in [0.2, 0.25) is 0 Å². The van der Waals surface area contributed by atoms with Crippen LogP contribution < -0.4 is 19.5 Å². The summed E-state index contributed by atoms with van der Waals surface area (Å²) in [6.07, 6.45) is 2.06. The minimum Gasteiger partial charge on any atom is -0.493 e. The van der Waals surface area contributed by atoms with E-state index >= 15 is 0 Å². The number of benzene rings is 2. The van der Waals surface area contributed by atoms with Crippen molar-refractivity contribution in [2.75, 3.05) is 13.7 Å². The van der Waals surface area contributed by atoms with E-state index in [0.29, 0.717) is 11.3 Å². The molecular weight excluding hydrogens is 464 g/mol. The molecule has 0 aliphatic carbocycles. The Morgan fingerprint density at radius 2 is 2.03 bits per heavy atom. The van der Waals surface area contributed by atoms with Crippen molar-refractivity contribution in [3.05, 3.63) is 70.7 Å². The molecule has 2 rings (SSSR count). The second kappa shape index (κ2) is 11.6. The summed E-state index contributed by atoms with van der Waals surface area (Å²) in [6, 6.07) is 13.6. The zero-order valence-corrected chi connectivity index (χ0v) is 18.6. The summed E-state index contributed by atoms with van der Waals surface area (Å²) in [6.45, 7) is 5.33. The Morgan fingerprint density at radius 3 is 2.68 bits per heavy atom. The Morgan fingerprint density at radius 1 is 1.26 bits per heavy atom. The van der Waals surface area contributed by atoms with Crippen LogP contribution in [0.5, 0.6) is 17.2 Å². The number of esters is 1. The van der Waals surface area contributed by atoms with Gasteiger partial charge in [-0.15, -0.1) is 6.58 Å². The third-order valence-corrected chi connectivity index (χ3v) is 4.42. The standard InChI is InChI=1S/C23H21BrN2O5/c1-4-10-26-22(27)17(14-25)11-16-8-9-20(21(12-16)29-3)31-23(28)15(2)30-19-7-5-6-18(24)13-19/h4-9,11-13,15H,1,10H2,2-3H3,(H,26,27). The average molecular weight is 485 g/mol. The summed E-state index contributed by atoms with van der Waals surface area (Å²) < 4.78 is 17.1. The molecule has 31 heavy (non-hydrogen) atoms. The summed E-state index contributed by atoms with van der Waals surface area (Å²) in [5.41, 5.74) is 0.449. The Bertz CT molecular complexity index is 1040. The van der Waals surface area contributed by atoms with E-state index in [1.54, 1.807) is 37.3 Å². The lowest BCUT2D eigenvalue weighted by molar-refractivity contribution is -0.141. The molecule has 7 nitrogen and oxygen atoms in total. The van der Waals surface area contributed by atoms with Gasteiger partial charge in [-0.05, 0) is 48.9 Å². The molecule has 0 aliphatic rings. The lowest BCUT2D eigenvalue weighted by Crippen LogP contribution is -2.28. The molecule has 0 heterocycles. The predicted octanol–water partition coefficient (Wildman–Crippen LogP) is 4.04. The molecule has 0 radical (unpaired) electrons. The largest absolute Gasteiger partial charge is 0.493 e.